The molecule has 1 aliphatic rings. The Kier molecular flexibility index (Phi) is 9.09. The molecule has 0 radical (unpaired) electrons. The molecule has 1 saturated carbocycles. The van der Waals surface area contributed by atoms with E-state index in [4.69, 9.17) is 39.5 Å². The van der Waals surface area contributed by atoms with E-state index in [1.807, 2.05) is 0 Å². The Morgan fingerprint density at radius 1 is 1.03 bits per heavy atom. The van der Waals surface area contributed by atoms with Crippen LogP contribution in [0.5, 0.6) is 5.75 Å². The SMILES string of the molecule is C[C@H](C(=O)NC1CCCCC1)N(Cc1ccc(Cl)cc1Cl)C(=O)COc1ccc(Cl)cc1. The fraction of sp³-hybridized carbons (Fsp3) is 0.417. The summed E-state index contributed by atoms with van der Waals surface area (Å²) >= 11 is 18.2. The number of rotatable bonds is 8. The number of ether oxygens (including phenoxy) is 1. The Morgan fingerprint density at radius 3 is 2.34 bits per heavy atom. The number of nitrogens with zero attached hydrogens (tertiary/aromatic N) is 1. The molecule has 0 aromatic heterocycles. The number of benzene rings is 2. The summed E-state index contributed by atoms with van der Waals surface area (Å²) in [5, 5.41) is 4.62. The number of halogens is 3. The van der Waals surface area contributed by atoms with Gasteiger partial charge in [0.25, 0.3) is 5.91 Å². The molecule has 0 spiro atoms. The van der Waals surface area contributed by atoms with Gasteiger partial charge in [-0.1, -0.05) is 60.1 Å². The Bertz CT molecular complexity index is 931. The van der Waals surface area contributed by atoms with Crippen molar-refractivity contribution in [2.24, 2.45) is 0 Å². The first-order valence-corrected chi connectivity index (χ1v) is 11.9. The lowest BCUT2D eigenvalue weighted by Crippen LogP contribution is -2.51. The van der Waals surface area contributed by atoms with Crippen molar-refractivity contribution < 1.29 is 14.3 Å². The molecule has 1 N–H and O–H groups in total. The van der Waals surface area contributed by atoms with Gasteiger partial charge < -0.3 is 15.0 Å². The van der Waals surface area contributed by atoms with Gasteiger partial charge >= 0.3 is 0 Å². The fourth-order valence-electron chi connectivity index (χ4n) is 3.74. The summed E-state index contributed by atoms with van der Waals surface area (Å²) < 4.78 is 5.64. The van der Waals surface area contributed by atoms with E-state index < -0.39 is 6.04 Å². The first-order chi connectivity index (χ1) is 15.3. The van der Waals surface area contributed by atoms with Gasteiger partial charge in [-0.3, -0.25) is 9.59 Å². The van der Waals surface area contributed by atoms with Gasteiger partial charge in [-0.2, -0.15) is 0 Å². The molecule has 172 valence electrons. The average molecular weight is 498 g/mol. The van der Waals surface area contributed by atoms with Gasteiger partial charge in [-0.05, 0) is 61.7 Å². The van der Waals surface area contributed by atoms with Gasteiger partial charge in [0.15, 0.2) is 6.61 Å². The lowest BCUT2D eigenvalue weighted by atomic mass is 9.95. The highest BCUT2D eigenvalue weighted by atomic mass is 35.5. The van der Waals surface area contributed by atoms with Crippen LogP contribution in [0.4, 0.5) is 0 Å². The molecule has 1 aliphatic carbocycles. The Labute approximate surface area is 204 Å². The molecule has 1 fully saturated rings. The minimum absolute atomic E-state index is 0.153. The summed E-state index contributed by atoms with van der Waals surface area (Å²) in [6.07, 6.45) is 5.35. The van der Waals surface area contributed by atoms with Crippen molar-refractivity contribution >= 4 is 46.6 Å². The molecule has 0 heterocycles. The van der Waals surface area contributed by atoms with Gasteiger partial charge in [0.2, 0.25) is 5.91 Å². The summed E-state index contributed by atoms with van der Waals surface area (Å²) in [5.41, 5.74) is 0.702. The van der Waals surface area contributed by atoms with Crippen LogP contribution in [-0.4, -0.2) is 35.4 Å². The van der Waals surface area contributed by atoms with E-state index in [9.17, 15) is 9.59 Å². The van der Waals surface area contributed by atoms with Gasteiger partial charge in [-0.25, -0.2) is 0 Å². The maximum absolute atomic E-state index is 13.1. The quantitative estimate of drug-likeness (QED) is 0.494. The molecule has 0 saturated heterocycles. The second-order valence-electron chi connectivity index (χ2n) is 8.02. The van der Waals surface area contributed by atoms with Crippen molar-refractivity contribution in [2.75, 3.05) is 6.61 Å². The third kappa shape index (κ3) is 7.03. The number of hydrogen-bond acceptors (Lipinski definition) is 3. The van der Waals surface area contributed by atoms with Crippen LogP contribution in [0.3, 0.4) is 0 Å². The van der Waals surface area contributed by atoms with Gasteiger partial charge in [0, 0.05) is 27.7 Å². The second-order valence-corrected chi connectivity index (χ2v) is 9.30. The molecule has 0 bridgehead atoms. The molecular formula is C24H27Cl3N2O3. The highest BCUT2D eigenvalue weighted by molar-refractivity contribution is 6.35. The van der Waals surface area contributed by atoms with Crippen LogP contribution >= 0.6 is 34.8 Å². The van der Waals surface area contributed by atoms with Crippen molar-refractivity contribution in [1.29, 1.82) is 0 Å². The number of carbonyl (C=O) groups is 2. The molecule has 5 nitrogen and oxygen atoms in total. The zero-order valence-corrected chi connectivity index (χ0v) is 20.2. The minimum Gasteiger partial charge on any atom is -0.484 e. The Morgan fingerprint density at radius 2 is 1.69 bits per heavy atom. The van der Waals surface area contributed by atoms with Crippen LogP contribution in [0.1, 0.15) is 44.6 Å². The van der Waals surface area contributed by atoms with Crippen LogP contribution in [-0.2, 0) is 16.1 Å². The average Bonchev–Trinajstić information content (AvgIpc) is 2.78. The van der Waals surface area contributed by atoms with Crippen molar-refractivity contribution in [3.63, 3.8) is 0 Å². The van der Waals surface area contributed by atoms with E-state index in [2.05, 4.69) is 5.32 Å². The molecule has 2 amide bonds. The molecule has 8 heteroatoms. The molecule has 0 aliphatic heterocycles. The maximum atomic E-state index is 13.1. The van der Waals surface area contributed by atoms with Crippen molar-refractivity contribution in [1.82, 2.24) is 10.2 Å². The van der Waals surface area contributed by atoms with E-state index in [1.54, 1.807) is 49.4 Å². The number of hydrogen-bond donors (Lipinski definition) is 1. The number of carbonyl (C=O) groups excluding carboxylic acids is 2. The molecule has 2 aromatic carbocycles. The molecule has 2 aromatic rings. The third-order valence-corrected chi connectivity index (χ3v) is 6.49. The lowest BCUT2D eigenvalue weighted by molar-refractivity contribution is -0.142. The molecule has 32 heavy (non-hydrogen) atoms. The van der Waals surface area contributed by atoms with Gasteiger partial charge in [0.05, 0.1) is 0 Å². The van der Waals surface area contributed by atoms with Crippen LogP contribution in [0.2, 0.25) is 15.1 Å². The summed E-state index contributed by atoms with van der Waals surface area (Å²) in [7, 11) is 0. The smallest absolute Gasteiger partial charge is 0.261 e. The van der Waals surface area contributed by atoms with Crippen molar-refractivity contribution in [3.05, 3.63) is 63.1 Å². The summed E-state index contributed by atoms with van der Waals surface area (Å²) in [5.74, 6) is 0.0191. The van der Waals surface area contributed by atoms with E-state index >= 15 is 0 Å². The van der Waals surface area contributed by atoms with E-state index in [0.29, 0.717) is 26.4 Å². The predicted molar refractivity (Wildman–Crippen MR) is 128 cm³/mol. The van der Waals surface area contributed by atoms with Crippen LogP contribution in [0, 0.1) is 0 Å². The monoisotopic (exact) mass is 496 g/mol. The highest BCUT2D eigenvalue weighted by Gasteiger charge is 2.29. The second kappa shape index (κ2) is 11.8. The predicted octanol–water partition coefficient (Wildman–Crippen LogP) is 5.89. The first-order valence-electron chi connectivity index (χ1n) is 10.8. The largest absolute Gasteiger partial charge is 0.484 e. The molecular weight excluding hydrogens is 471 g/mol. The van der Waals surface area contributed by atoms with Crippen LogP contribution in [0.25, 0.3) is 0 Å². The molecule has 3 rings (SSSR count). The Hall–Kier alpha value is -1.95. The lowest BCUT2D eigenvalue weighted by Gasteiger charge is -2.31. The zero-order chi connectivity index (χ0) is 23.1. The normalized spacial score (nSPS) is 15.1. The zero-order valence-electron chi connectivity index (χ0n) is 18.0. The summed E-state index contributed by atoms with van der Waals surface area (Å²) in [6.45, 7) is 1.67. The Balaban J connectivity index is 1.73. The number of amides is 2. The standard InChI is InChI=1S/C24H27Cl3N2O3/c1-16(24(31)28-20-5-3-2-4-6-20)29(14-17-7-8-19(26)13-22(17)27)23(30)15-32-21-11-9-18(25)10-12-21/h7-13,16,20H,2-6,14-15H2,1H3,(H,28,31)/t16-/m1/s1. The van der Waals surface area contributed by atoms with Gasteiger partial charge in [-0.15, -0.1) is 0 Å². The van der Waals surface area contributed by atoms with Gasteiger partial charge in [0.1, 0.15) is 11.8 Å². The fourth-order valence-corrected chi connectivity index (χ4v) is 4.34. The third-order valence-electron chi connectivity index (χ3n) is 5.65. The summed E-state index contributed by atoms with van der Waals surface area (Å²) in [4.78, 5) is 27.6. The first kappa shape index (κ1) is 24.7. The van der Waals surface area contributed by atoms with Crippen molar-refractivity contribution in [3.8, 4) is 5.75 Å². The maximum Gasteiger partial charge on any atom is 0.261 e. The van der Waals surface area contributed by atoms with E-state index in [0.717, 1.165) is 25.7 Å². The topological polar surface area (TPSA) is 58.6 Å². The molecule has 1 atom stereocenters. The number of nitrogens with one attached hydrogen (secondary N) is 1. The van der Waals surface area contributed by atoms with Crippen LogP contribution < -0.4 is 10.1 Å². The van der Waals surface area contributed by atoms with Crippen LogP contribution in [0.15, 0.2) is 42.5 Å². The molecule has 0 unspecified atom stereocenters. The van der Waals surface area contributed by atoms with E-state index in [1.165, 1.54) is 11.3 Å². The van der Waals surface area contributed by atoms with Crippen molar-refractivity contribution in [2.45, 2.75) is 57.7 Å². The minimum atomic E-state index is -0.690. The van der Waals surface area contributed by atoms with E-state index in [-0.39, 0.29) is 31.0 Å². The summed E-state index contributed by atoms with van der Waals surface area (Å²) in [6, 6.07) is 11.3. The highest BCUT2D eigenvalue weighted by Crippen LogP contribution is 2.24.